The van der Waals surface area contributed by atoms with Crippen molar-refractivity contribution in [2.75, 3.05) is 5.75 Å². The van der Waals surface area contributed by atoms with Crippen LogP contribution in [0.25, 0.3) is 11.0 Å². The Hall–Kier alpha value is -3.17. The Morgan fingerprint density at radius 3 is 2.63 bits per heavy atom. The van der Waals surface area contributed by atoms with Crippen LogP contribution in [0.5, 0.6) is 0 Å². The summed E-state index contributed by atoms with van der Waals surface area (Å²) in [7, 11) is 0. The number of nitrogens with one attached hydrogen (secondary N) is 1. The molecule has 2 heterocycles. The summed E-state index contributed by atoms with van der Waals surface area (Å²) in [6.07, 6.45) is 2.94. The number of carbonyl (C=O) groups is 1. The van der Waals surface area contributed by atoms with E-state index in [1.807, 2.05) is 24.3 Å². The minimum absolute atomic E-state index is 0.0594. The number of aromatic amines is 1. The zero-order valence-corrected chi connectivity index (χ0v) is 20.6. The first-order valence-corrected chi connectivity index (χ1v) is 12.4. The van der Waals surface area contributed by atoms with Gasteiger partial charge in [-0.3, -0.25) is 4.79 Å². The number of aliphatic hydroxyl groups is 1. The third-order valence-electron chi connectivity index (χ3n) is 5.53. The molecule has 0 saturated carbocycles. The molecule has 10 heteroatoms. The molecule has 0 bridgehead atoms. The van der Waals surface area contributed by atoms with E-state index in [1.165, 1.54) is 24.4 Å². The number of fused-ring (bicyclic) bond motifs is 1. The molecule has 1 unspecified atom stereocenters. The lowest BCUT2D eigenvalue weighted by atomic mass is 9.95. The van der Waals surface area contributed by atoms with Gasteiger partial charge >= 0.3 is 0 Å². The lowest BCUT2D eigenvalue weighted by Gasteiger charge is -2.28. The Labute approximate surface area is 215 Å². The van der Waals surface area contributed by atoms with Gasteiger partial charge < -0.3 is 10.1 Å². The quantitative estimate of drug-likeness (QED) is 0.209. The van der Waals surface area contributed by atoms with E-state index >= 15 is 0 Å². The van der Waals surface area contributed by atoms with E-state index < -0.39 is 5.60 Å². The van der Waals surface area contributed by atoms with Gasteiger partial charge in [0.05, 0.1) is 17.6 Å². The molecule has 1 atom stereocenters. The molecule has 2 N–H and O–H groups in total. The van der Waals surface area contributed by atoms with Crippen molar-refractivity contribution in [1.82, 2.24) is 24.7 Å². The Morgan fingerprint density at radius 2 is 1.89 bits per heavy atom. The fourth-order valence-electron chi connectivity index (χ4n) is 3.80. The Morgan fingerprint density at radius 1 is 1.06 bits per heavy atom. The van der Waals surface area contributed by atoms with Gasteiger partial charge in [-0.05, 0) is 30.3 Å². The van der Waals surface area contributed by atoms with Crippen LogP contribution in [-0.4, -0.2) is 41.4 Å². The summed E-state index contributed by atoms with van der Waals surface area (Å²) in [5, 5.41) is 17.2. The molecule has 0 aliphatic heterocycles. The average Bonchev–Trinajstić information content (AvgIpc) is 3.51. The molecule has 0 fully saturated rings. The maximum Gasteiger partial charge on any atom is 0.193 e. The first kappa shape index (κ1) is 23.6. The fourth-order valence-corrected chi connectivity index (χ4v) is 5.35. The summed E-state index contributed by atoms with van der Waals surface area (Å²) in [5.41, 5.74) is 1.80. The molecule has 5 aromatic rings. The van der Waals surface area contributed by atoms with Crippen LogP contribution in [0.2, 0.25) is 10.0 Å². The van der Waals surface area contributed by atoms with Crippen LogP contribution in [0.4, 0.5) is 0 Å². The van der Waals surface area contributed by atoms with Gasteiger partial charge in [-0.15, -0.1) is 0 Å². The van der Waals surface area contributed by atoms with Crippen molar-refractivity contribution in [1.29, 1.82) is 0 Å². The van der Waals surface area contributed by atoms with Crippen molar-refractivity contribution in [3.05, 3.63) is 106 Å². The van der Waals surface area contributed by atoms with Gasteiger partial charge in [0.15, 0.2) is 10.9 Å². The number of carbonyl (C=O) groups excluding carboxylic acids is 1. The van der Waals surface area contributed by atoms with Crippen molar-refractivity contribution in [2.45, 2.75) is 17.3 Å². The second-order valence-electron chi connectivity index (χ2n) is 8.01. The molecule has 0 aliphatic rings. The number of H-pyrrole nitrogens is 1. The summed E-state index contributed by atoms with van der Waals surface area (Å²) in [4.78, 5) is 24.6. The Bertz CT molecular complexity index is 1490. The summed E-state index contributed by atoms with van der Waals surface area (Å²) in [5.74, 6) is 0.167. The normalized spacial score (nSPS) is 13.1. The molecule has 35 heavy (non-hydrogen) atoms. The van der Waals surface area contributed by atoms with Crippen molar-refractivity contribution in [3.63, 3.8) is 0 Å². The molecule has 7 nitrogen and oxygen atoms in total. The number of ketones is 1. The molecule has 3 aromatic carbocycles. The summed E-state index contributed by atoms with van der Waals surface area (Å²) in [6, 6.07) is 19.5. The molecule has 0 aliphatic carbocycles. The molecule has 0 amide bonds. The van der Waals surface area contributed by atoms with Gasteiger partial charge in [-0.2, -0.15) is 5.10 Å². The summed E-state index contributed by atoms with van der Waals surface area (Å²) < 4.78 is 1.55. The van der Waals surface area contributed by atoms with E-state index in [0.29, 0.717) is 31.9 Å². The summed E-state index contributed by atoms with van der Waals surface area (Å²) in [6.45, 7) is 0.136. The van der Waals surface area contributed by atoms with Gasteiger partial charge in [0, 0.05) is 32.5 Å². The van der Waals surface area contributed by atoms with Crippen molar-refractivity contribution in [3.8, 4) is 0 Å². The highest BCUT2D eigenvalue weighted by Crippen LogP contribution is 2.36. The minimum Gasteiger partial charge on any atom is -0.382 e. The van der Waals surface area contributed by atoms with Crippen molar-refractivity contribution in [2.24, 2.45) is 0 Å². The van der Waals surface area contributed by atoms with Gasteiger partial charge in [0.1, 0.15) is 18.3 Å². The number of rotatable bonds is 8. The highest BCUT2D eigenvalue weighted by molar-refractivity contribution is 7.99. The first-order valence-electron chi connectivity index (χ1n) is 10.6. The highest BCUT2D eigenvalue weighted by Gasteiger charge is 2.33. The third kappa shape index (κ3) is 5.11. The van der Waals surface area contributed by atoms with E-state index in [-0.39, 0.29) is 18.1 Å². The number of hydrogen-bond acceptors (Lipinski definition) is 6. The number of nitrogens with zero attached hydrogens (tertiary/aromatic N) is 4. The molecule has 2 aromatic heterocycles. The van der Waals surface area contributed by atoms with Crippen molar-refractivity contribution >= 4 is 51.8 Å². The van der Waals surface area contributed by atoms with E-state index in [0.717, 1.165) is 11.0 Å². The predicted octanol–water partition coefficient (Wildman–Crippen LogP) is 5.37. The maximum atomic E-state index is 12.8. The van der Waals surface area contributed by atoms with Gasteiger partial charge in [-0.1, -0.05) is 71.4 Å². The van der Waals surface area contributed by atoms with Crippen LogP contribution in [0.1, 0.15) is 21.5 Å². The Kier molecular flexibility index (Phi) is 6.62. The van der Waals surface area contributed by atoms with E-state index in [9.17, 15) is 9.90 Å². The van der Waals surface area contributed by atoms with Gasteiger partial charge in [0.2, 0.25) is 0 Å². The van der Waals surface area contributed by atoms with Crippen LogP contribution >= 0.6 is 35.0 Å². The lowest BCUT2D eigenvalue weighted by Crippen LogP contribution is -2.35. The summed E-state index contributed by atoms with van der Waals surface area (Å²) >= 11 is 13.8. The SMILES string of the molecule is O=C(c1ccccc1)c1ccc2nc(SCC(O)(Cn3cncn3)c3ccc(Cl)cc3Cl)[nH]c2c1. The standard InChI is InChI=1S/C25H19Cl2N5O2S/c26-18-7-8-19(20(27)11-18)25(34,12-32-15-28-14-29-32)13-35-24-30-21-9-6-17(10-22(21)31-24)23(33)16-4-2-1-3-5-16/h1-11,14-15,34H,12-13H2,(H,30,31). The first-order chi connectivity index (χ1) is 16.9. The topological polar surface area (TPSA) is 96.7 Å². The van der Waals surface area contributed by atoms with Crippen LogP contribution in [0, 0.1) is 0 Å². The number of halogens is 2. The van der Waals surface area contributed by atoms with Crippen LogP contribution < -0.4 is 0 Å². The Balaban J connectivity index is 1.41. The highest BCUT2D eigenvalue weighted by atomic mass is 35.5. The molecule has 176 valence electrons. The molecule has 0 spiro atoms. The van der Waals surface area contributed by atoms with Gasteiger partial charge in [0.25, 0.3) is 0 Å². The molecule has 5 rings (SSSR count). The number of hydrogen-bond donors (Lipinski definition) is 2. The van der Waals surface area contributed by atoms with Crippen molar-refractivity contribution < 1.29 is 9.90 Å². The van der Waals surface area contributed by atoms with Crippen LogP contribution in [0.3, 0.4) is 0 Å². The number of imidazole rings is 1. The second-order valence-corrected chi connectivity index (χ2v) is 9.81. The van der Waals surface area contributed by atoms with E-state index in [1.54, 1.807) is 47.1 Å². The zero-order chi connectivity index (χ0) is 24.4. The third-order valence-corrected chi connectivity index (χ3v) is 7.17. The minimum atomic E-state index is -1.38. The number of benzene rings is 3. The largest absolute Gasteiger partial charge is 0.382 e. The molecular formula is C25H19Cl2N5O2S. The number of aromatic nitrogens is 5. The fraction of sp³-hybridized carbons (Fsp3) is 0.120. The smallest absolute Gasteiger partial charge is 0.193 e. The number of thioether (sulfide) groups is 1. The van der Waals surface area contributed by atoms with Gasteiger partial charge in [-0.25, -0.2) is 14.6 Å². The maximum absolute atomic E-state index is 12.8. The van der Waals surface area contributed by atoms with Crippen LogP contribution in [-0.2, 0) is 12.1 Å². The zero-order valence-electron chi connectivity index (χ0n) is 18.2. The lowest BCUT2D eigenvalue weighted by molar-refractivity contribution is 0.0397. The molecule has 0 saturated heterocycles. The van der Waals surface area contributed by atoms with Crippen LogP contribution in [0.15, 0.2) is 84.5 Å². The average molecular weight is 524 g/mol. The monoisotopic (exact) mass is 523 g/mol. The predicted molar refractivity (Wildman–Crippen MR) is 137 cm³/mol. The van der Waals surface area contributed by atoms with E-state index in [2.05, 4.69) is 20.1 Å². The molecular weight excluding hydrogens is 505 g/mol. The van der Waals surface area contributed by atoms with E-state index in [4.69, 9.17) is 23.2 Å². The molecule has 0 radical (unpaired) electrons. The second kappa shape index (κ2) is 9.83.